The highest BCUT2D eigenvalue weighted by Gasteiger charge is 2.09. The van der Waals surface area contributed by atoms with Crippen molar-refractivity contribution in [2.45, 2.75) is 34.1 Å². The van der Waals surface area contributed by atoms with Gasteiger partial charge in [-0.1, -0.05) is 106 Å². The predicted octanol–water partition coefficient (Wildman–Crippen LogP) is 8.46. The summed E-state index contributed by atoms with van der Waals surface area (Å²) in [5.41, 5.74) is 4.00. The van der Waals surface area contributed by atoms with E-state index in [9.17, 15) is 0 Å². The number of fused-ring (bicyclic) bond motifs is 2. The molecule has 1 heteroatoms. The van der Waals surface area contributed by atoms with Gasteiger partial charge in [-0.25, -0.2) is 0 Å². The minimum Gasteiger partial charge on any atom is -0.513 e. The molecule has 0 aliphatic heterocycles. The Morgan fingerprint density at radius 2 is 1.25 bits per heavy atom. The third-order valence-corrected chi connectivity index (χ3v) is 4.60. The van der Waals surface area contributed by atoms with Gasteiger partial charge in [0.2, 0.25) is 0 Å². The smallest absolute Gasteiger partial charge is 0.0848 e. The van der Waals surface area contributed by atoms with Gasteiger partial charge in [-0.3, -0.25) is 0 Å². The quantitative estimate of drug-likeness (QED) is 0.351. The summed E-state index contributed by atoms with van der Waals surface area (Å²) in [6, 6.07) is 28.2. The van der Waals surface area contributed by atoms with Gasteiger partial charge in [-0.2, -0.15) is 0 Å². The van der Waals surface area contributed by atoms with E-state index >= 15 is 0 Å². The minimum absolute atomic E-state index is 0.255. The average Bonchev–Trinajstić information content (AvgIpc) is 2.75. The van der Waals surface area contributed by atoms with E-state index in [4.69, 9.17) is 5.11 Å². The summed E-state index contributed by atoms with van der Waals surface area (Å²) in [7, 11) is 0. The van der Waals surface area contributed by atoms with Gasteiger partial charge >= 0.3 is 0 Å². The fourth-order valence-electron chi connectivity index (χ4n) is 3.18. The summed E-state index contributed by atoms with van der Waals surface area (Å²) in [6.45, 7) is 11.3. The van der Waals surface area contributed by atoms with Crippen molar-refractivity contribution in [2.24, 2.45) is 0 Å². The maximum absolute atomic E-state index is 8.17. The first-order valence-electron chi connectivity index (χ1n) is 9.95. The van der Waals surface area contributed by atoms with Crippen LogP contribution in [-0.2, 0) is 0 Å². The standard InChI is InChI=1S/C21H16.C4H8O.C2H6/c1-15-13-14-17-8-3-5-11-19(17)21(15)20-12-6-9-16-7-2-4-10-18(16)20;1-3-4(2)5;1-2/h2-14H,1H3;5H,2-3H2,1H3;1-2H3. The number of rotatable bonds is 2. The summed E-state index contributed by atoms with van der Waals surface area (Å²) < 4.78 is 0. The topological polar surface area (TPSA) is 20.2 Å². The van der Waals surface area contributed by atoms with Crippen molar-refractivity contribution >= 4 is 21.5 Å². The molecule has 0 fully saturated rings. The largest absolute Gasteiger partial charge is 0.513 e. The SMILES string of the molecule is C=C(O)CC.CC.Cc1ccc2ccccc2c1-c1cccc2ccccc12. The molecule has 0 unspecified atom stereocenters. The molecule has 4 aromatic rings. The van der Waals surface area contributed by atoms with Crippen LogP contribution in [0.1, 0.15) is 32.8 Å². The number of hydrogen-bond donors (Lipinski definition) is 1. The van der Waals surface area contributed by atoms with Gasteiger partial charge in [0, 0.05) is 6.42 Å². The summed E-state index contributed by atoms with van der Waals surface area (Å²) in [4.78, 5) is 0. The lowest BCUT2D eigenvalue weighted by Gasteiger charge is -2.13. The molecule has 4 aromatic carbocycles. The zero-order chi connectivity index (χ0) is 20.5. The molecule has 0 atom stereocenters. The third kappa shape index (κ3) is 4.80. The first kappa shape index (κ1) is 21.2. The Balaban J connectivity index is 0.000000352. The van der Waals surface area contributed by atoms with E-state index in [1.54, 1.807) is 0 Å². The average molecular weight is 371 g/mol. The minimum atomic E-state index is 0.255. The molecule has 0 amide bonds. The first-order valence-corrected chi connectivity index (χ1v) is 9.95. The fourth-order valence-corrected chi connectivity index (χ4v) is 3.18. The Morgan fingerprint density at radius 1 is 0.750 bits per heavy atom. The molecule has 144 valence electrons. The molecule has 0 radical (unpaired) electrons. The van der Waals surface area contributed by atoms with E-state index < -0.39 is 0 Å². The molecule has 1 nitrogen and oxygen atoms in total. The van der Waals surface area contributed by atoms with Gasteiger partial charge in [0.1, 0.15) is 0 Å². The second-order valence-electron chi connectivity index (χ2n) is 6.43. The Bertz CT molecular complexity index is 1050. The molecule has 0 saturated carbocycles. The van der Waals surface area contributed by atoms with Crippen LogP contribution in [0.25, 0.3) is 32.7 Å². The summed E-state index contributed by atoms with van der Waals surface area (Å²) in [6.07, 6.45) is 0.667. The van der Waals surface area contributed by atoms with E-state index in [1.807, 2.05) is 20.8 Å². The highest BCUT2D eigenvalue weighted by molar-refractivity contribution is 6.06. The van der Waals surface area contributed by atoms with Crippen LogP contribution in [0, 0.1) is 6.92 Å². The number of aliphatic hydroxyl groups is 1. The van der Waals surface area contributed by atoms with Crippen molar-refractivity contribution in [2.75, 3.05) is 0 Å². The van der Waals surface area contributed by atoms with Crippen LogP contribution in [0.3, 0.4) is 0 Å². The highest BCUT2D eigenvalue weighted by atomic mass is 16.3. The van der Waals surface area contributed by atoms with Gasteiger partial charge in [0.25, 0.3) is 0 Å². The molecule has 0 spiro atoms. The normalized spacial score (nSPS) is 9.86. The number of benzene rings is 4. The Labute approximate surface area is 169 Å². The molecule has 1 N–H and O–H groups in total. The van der Waals surface area contributed by atoms with Gasteiger partial charge in [-0.05, 0) is 45.2 Å². The number of allylic oxidation sites excluding steroid dienone is 1. The van der Waals surface area contributed by atoms with Crippen molar-refractivity contribution in [3.05, 3.63) is 96.8 Å². The van der Waals surface area contributed by atoms with Crippen molar-refractivity contribution in [1.29, 1.82) is 0 Å². The molecular weight excluding hydrogens is 340 g/mol. The third-order valence-electron chi connectivity index (χ3n) is 4.60. The van der Waals surface area contributed by atoms with E-state index in [0.717, 1.165) is 0 Å². The Kier molecular flexibility index (Phi) is 7.83. The van der Waals surface area contributed by atoms with Crippen molar-refractivity contribution in [3.8, 4) is 11.1 Å². The molecule has 0 saturated heterocycles. The van der Waals surface area contributed by atoms with Crippen molar-refractivity contribution in [3.63, 3.8) is 0 Å². The summed E-state index contributed by atoms with van der Waals surface area (Å²) in [5.74, 6) is 0.255. The lowest BCUT2D eigenvalue weighted by molar-refractivity contribution is 0.397. The number of aliphatic hydroxyl groups excluding tert-OH is 1. The highest BCUT2D eigenvalue weighted by Crippen LogP contribution is 2.36. The molecule has 0 aliphatic rings. The van der Waals surface area contributed by atoms with Crippen molar-refractivity contribution in [1.82, 2.24) is 0 Å². The van der Waals surface area contributed by atoms with Crippen LogP contribution in [0.2, 0.25) is 0 Å². The van der Waals surface area contributed by atoms with Crippen LogP contribution in [0.5, 0.6) is 0 Å². The van der Waals surface area contributed by atoms with E-state index in [-0.39, 0.29) is 5.76 Å². The Hall–Kier alpha value is -3.06. The number of aryl methyl sites for hydroxylation is 1. The van der Waals surface area contributed by atoms with Gasteiger partial charge < -0.3 is 5.11 Å². The number of hydrogen-bond acceptors (Lipinski definition) is 1. The molecule has 0 aliphatic carbocycles. The second kappa shape index (κ2) is 10.3. The van der Waals surface area contributed by atoms with Crippen LogP contribution in [-0.4, -0.2) is 5.11 Å². The van der Waals surface area contributed by atoms with Crippen LogP contribution in [0.4, 0.5) is 0 Å². The summed E-state index contributed by atoms with van der Waals surface area (Å²) in [5, 5.41) is 13.4. The molecule has 4 rings (SSSR count). The monoisotopic (exact) mass is 370 g/mol. The van der Waals surface area contributed by atoms with Gasteiger partial charge in [0.05, 0.1) is 5.76 Å². The zero-order valence-electron chi connectivity index (χ0n) is 17.4. The maximum Gasteiger partial charge on any atom is 0.0848 e. The van der Waals surface area contributed by atoms with Gasteiger partial charge in [0.15, 0.2) is 0 Å². The Morgan fingerprint density at radius 3 is 1.86 bits per heavy atom. The van der Waals surface area contributed by atoms with Crippen LogP contribution < -0.4 is 0 Å². The summed E-state index contributed by atoms with van der Waals surface area (Å²) >= 11 is 0. The second-order valence-corrected chi connectivity index (χ2v) is 6.43. The lowest BCUT2D eigenvalue weighted by Crippen LogP contribution is -1.87. The molecule has 0 aromatic heterocycles. The maximum atomic E-state index is 8.17. The van der Waals surface area contributed by atoms with Crippen molar-refractivity contribution < 1.29 is 5.11 Å². The molecule has 0 bridgehead atoms. The van der Waals surface area contributed by atoms with E-state index in [2.05, 4.69) is 92.4 Å². The van der Waals surface area contributed by atoms with Gasteiger partial charge in [-0.15, -0.1) is 0 Å². The van der Waals surface area contributed by atoms with E-state index in [1.165, 1.54) is 38.2 Å². The lowest BCUT2D eigenvalue weighted by atomic mass is 9.91. The van der Waals surface area contributed by atoms with Crippen LogP contribution in [0.15, 0.2) is 91.2 Å². The first-order chi connectivity index (χ1) is 13.6. The fraction of sp³-hybridized carbons (Fsp3) is 0.185. The van der Waals surface area contributed by atoms with E-state index in [0.29, 0.717) is 6.42 Å². The molecular formula is C27H30O. The predicted molar refractivity (Wildman–Crippen MR) is 125 cm³/mol. The molecule has 0 heterocycles. The molecule has 28 heavy (non-hydrogen) atoms. The van der Waals surface area contributed by atoms with Crippen LogP contribution >= 0.6 is 0 Å². The zero-order valence-corrected chi connectivity index (χ0v) is 17.4.